The Hall–Kier alpha value is -1.01. The topological polar surface area (TPSA) is 75.3 Å². The third-order valence-corrected chi connectivity index (χ3v) is 4.88. The molecule has 3 rings (SSSR count). The van der Waals surface area contributed by atoms with Gasteiger partial charge in [0.05, 0.1) is 11.8 Å². The summed E-state index contributed by atoms with van der Waals surface area (Å²) in [6.07, 6.45) is 1.74. The number of carboxylic acids is 1. The second kappa shape index (κ2) is 4.59. The standard InChI is InChI=1S/C12H16N2O3S/c15-8-1-3-14-9(5-8)10(12(16)17)13-11(14)7-2-4-18-6-7/h7-8,15H,1-6H2,(H,16,17). The predicted octanol–water partition coefficient (Wildman–Crippen LogP) is 1.11. The minimum atomic E-state index is -0.982. The van der Waals surface area contributed by atoms with Crippen molar-refractivity contribution in [2.75, 3.05) is 11.5 Å². The summed E-state index contributed by atoms with van der Waals surface area (Å²) in [6, 6.07) is 0. The van der Waals surface area contributed by atoms with Crippen LogP contribution in [0.4, 0.5) is 0 Å². The number of carboxylic acid groups (broad SMARTS) is 1. The first kappa shape index (κ1) is 12.0. The lowest BCUT2D eigenvalue weighted by Crippen LogP contribution is -2.25. The van der Waals surface area contributed by atoms with Gasteiger partial charge in [-0.3, -0.25) is 0 Å². The summed E-state index contributed by atoms with van der Waals surface area (Å²) in [5.74, 6) is 2.46. The smallest absolute Gasteiger partial charge is 0.356 e. The number of carbonyl (C=O) groups is 1. The van der Waals surface area contributed by atoms with E-state index in [1.54, 1.807) is 0 Å². The average molecular weight is 268 g/mol. The quantitative estimate of drug-likeness (QED) is 0.840. The Morgan fingerprint density at radius 2 is 2.28 bits per heavy atom. The molecule has 1 saturated heterocycles. The molecule has 0 saturated carbocycles. The lowest BCUT2D eigenvalue weighted by molar-refractivity contribution is 0.0687. The molecule has 18 heavy (non-hydrogen) atoms. The molecule has 0 aliphatic carbocycles. The molecule has 1 fully saturated rings. The van der Waals surface area contributed by atoms with Crippen LogP contribution in [-0.2, 0) is 13.0 Å². The van der Waals surface area contributed by atoms with Crippen LogP contribution in [-0.4, -0.2) is 43.3 Å². The Balaban J connectivity index is 2.04. The van der Waals surface area contributed by atoms with Gasteiger partial charge >= 0.3 is 5.97 Å². The highest BCUT2D eigenvalue weighted by atomic mass is 32.2. The van der Waals surface area contributed by atoms with Gasteiger partial charge in [-0.2, -0.15) is 11.8 Å². The van der Waals surface area contributed by atoms with E-state index in [9.17, 15) is 15.0 Å². The molecule has 5 nitrogen and oxygen atoms in total. The van der Waals surface area contributed by atoms with E-state index < -0.39 is 12.1 Å². The first-order valence-electron chi connectivity index (χ1n) is 6.25. The number of nitrogens with zero attached hydrogens (tertiary/aromatic N) is 2. The molecule has 0 radical (unpaired) electrons. The SMILES string of the molecule is O=C(O)c1nc(C2CCSC2)n2c1CC(O)CC2. The van der Waals surface area contributed by atoms with Crippen molar-refractivity contribution < 1.29 is 15.0 Å². The molecule has 6 heteroatoms. The van der Waals surface area contributed by atoms with E-state index in [1.165, 1.54) is 0 Å². The third kappa shape index (κ3) is 1.93. The second-order valence-electron chi connectivity index (χ2n) is 4.93. The summed E-state index contributed by atoms with van der Waals surface area (Å²) in [7, 11) is 0. The van der Waals surface area contributed by atoms with Gasteiger partial charge in [-0.1, -0.05) is 0 Å². The minimum absolute atomic E-state index is 0.139. The summed E-state index contributed by atoms with van der Waals surface area (Å²) < 4.78 is 2.03. The molecule has 0 spiro atoms. The van der Waals surface area contributed by atoms with Crippen molar-refractivity contribution in [3.63, 3.8) is 0 Å². The van der Waals surface area contributed by atoms with Crippen LogP contribution in [0.1, 0.15) is 40.8 Å². The van der Waals surface area contributed by atoms with Crippen LogP contribution in [0.3, 0.4) is 0 Å². The largest absolute Gasteiger partial charge is 0.476 e. The number of hydrogen-bond acceptors (Lipinski definition) is 4. The molecule has 3 heterocycles. The van der Waals surface area contributed by atoms with Crippen molar-refractivity contribution in [3.8, 4) is 0 Å². The molecule has 1 aromatic heterocycles. The molecule has 0 amide bonds. The van der Waals surface area contributed by atoms with Crippen molar-refractivity contribution in [2.24, 2.45) is 0 Å². The molecule has 98 valence electrons. The molecule has 0 bridgehead atoms. The zero-order valence-electron chi connectivity index (χ0n) is 10.0. The van der Waals surface area contributed by atoms with E-state index in [1.807, 2.05) is 16.3 Å². The molecule has 2 unspecified atom stereocenters. The van der Waals surface area contributed by atoms with E-state index >= 15 is 0 Å². The van der Waals surface area contributed by atoms with Gasteiger partial charge in [-0.25, -0.2) is 9.78 Å². The average Bonchev–Trinajstić information content (AvgIpc) is 2.93. The number of aromatic nitrogens is 2. The molecule has 2 N–H and O–H groups in total. The maximum absolute atomic E-state index is 11.2. The summed E-state index contributed by atoms with van der Waals surface area (Å²) >= 11 is 1.90. The monoisotopic (exact) mass is 268 g/mol. The minimum Gasteiger partial charge on any atom is -0.476 e. The molecule has 0 aromatic carbocycles. The van der Waals surface area contributed by atoms with Gasteiger partial charge in [0.15, 0.2) is 5.69 Å². The first-order chi connectivity index (χ1) is 8.66. The predicted molar refractivity (Wildman–Crippen MR) is 68.2 cm³/mol. The highest BCUT2D eigenvalue weighted by Crippen LogP contribution is 2.34. The van der Waals surface area contributed by atoms with Crippen LogP contribution in [0.5, 0.6) is 0 Å². The Morgan fingerprint density at radius 1 is 1.44 bits per heavy atom. The number of aliphatic hydroxyl groups excluding tert-OH is 1. The van der Waals surface area contributed by atoms with Gasteiger partial charge in [0, 0.05) is 24.6 Å². The highest BCUT2D eigenvalue weighted by Gasteiger charge is 2.31. The number of thioether (sulfide) groups is 1. The molecular formula is C12H16N2O3S. The Morgan fingerprint density at radius 3 is 2.94 bits per heavy atom. The zero-order valence-corrected chi connectivity index (χ0v) is 10.8. The van der Waals surface area contributed by atoms with Gasteiger partial charge in [0.1, 0.15) is 5.82 Å². The van der Waals surface area contributed by atoms with Crippen molar-refractivity contribution in [1.82, 2.24) is 9.55 Å². The zero-order chi connectivity index (χ0) is 12.7. The number of imidazole rings is 1. The Bertz CT molecular complexity index is 480. The van der Waals surface area contributed by atoms with E-state index in [4.69, 9.17) is 0 Å². The summed E-state index contributed by atoms with van der Waals surface area (Å²) in [6.45, 7) is 0.688. The fourth-order valence-corrected chi connectivity index (χ4v) is 4.00. The Kier molecular flexibility index (Phi) is 3.07. The fraction of sp³-hybridized carbons (Fsp3) is 0.667. The molecule has 2 aliphatic rings. The van der Waals surface area contributed by atoms with Crippen LogP contribution >= 0.6 is 11.8 Å². The fourth-order valence-electron chi connectivity index (χ4n) is 2.79. The number of fused-ring (bicyclic) bond motifs is 1. The number of hydrogen-bond donors (Lipinski definition) is 2. The van der Waals surface area contributed by atoms with Crippen LogP contribution in [0.2, 0.25) is 0 Å². The second-order valence-corrected chi connectivity index (χ2v) is 6.08. The van der Waals surface area contributed by atoms with E-state index in [2.05, 4.69) is 4.98 Å². The van der Waals surface area contributed by atoms with Crippen LogP contribution in [0, 0.1) is 0 Å². The lowest BCUT2D eigenvalue weighted by atomic mass is 10.0. The van der Waals surface area contributed by atoms with Gasteiger partial charge < -0.3 is 14.8 Å². The van der Waals surface area contributed by atoms with Crippen LogP contribution in [0.25, 0.3) is 0 Å². The summed E-state index contributed by atoms with van der Waals surface area (Å²) in [4.78, 5) is 15.6. The van der Waals surface area contributed by atoms with Gasteiger partial charge in [-0.05, 0) is 18.6 Å². The molecule has 2 aliphatic heterocycles. The van der Waals surface area contributed by atoms with Crippen molar-refractivity contribution in [1.29, 1.82) is 0 Å². The summed E-state index contributed by atoms with van der Waals surface area (Å²) in [5.41, 5.74) is 0.841. The van der Waals surface area contributed by atoms with Crippen LogP contribution in [0.15, 0.2) is 0 Å². The third-order valence-electron chi connectivity index (χ3n) is 3.71. The number of aliphatic hydroxyl groups is 1. The van der Waals surface area contributed by atoms with Crippen molar-refractivity contribution >= 4 is 17.7 Å². The van der Waals surface area contributed by atoms with Gasteiger partial charge in [0.25, 0.3) is 0 Å². The van der Waals surface area contributed by atoms with E-state index in [0.29, 0.717) is 31.0 Å². The molecule has 2 atom stereocenters. The number of aromatic carboxylic acids is 1. The highest BCUT2D eigenvalue weighted by molar-refractivity contribution is 7.99. The van der Waals surface area contributed by atoms with Crippen molar-refractivity contribution in [3.05, 3.63) is 17.2 Å². The maximum atomic E-state index is 11.2. The van der Waals surface area contributed by atoms with Gasteiger partial charge in [-0.15, -0.1) is 0 Å². The maximum Gasteiger partial charge on any atom is 0.356 e. The summed E-state index contributed by atoms with van der Waals surface area (Å²) in [5, 5.41) is 18.9. The van der Waals surface area contributed by atoms with E-state index in [0.717, 1.165) is 23.8 Å². The molecular weight excluding hydrogens is 252 g/mol. The van der Waals surface area contributed by atoms with Crippen LogP contribution < -0.4 is 0 Å². The number of rotatable bonds is 2. The lowest BCUT2D eigenvalue weighted by Gasteiger charge is -2.22. The van der Waals surface area contributed by atoms with Crippen molar-refractivity contribution in [2.45, 2.75) is 37.8 Å². The normalized spacial score (nSPS) is 27.2. The first-order valence-corrected chi connectivity index (χ1v) is 7.40. The Labute approximate surface area is 109 Å². The van der Waals surface area contributed by atoms with Gasteiger partial charge in [0.2, 0.25) is 0 Å². The van der Waals surface area contributed by atoms with E-state index in [-0.39, 0.29) is 5.69 Å². The molecule has 1 aromatic rings.